The van der Waals surface area contributed by atoms with Gasteiger partial charge in [-0.3, -0.25) is 9.20 Å². The molecule has 3 aromatic rings. The van der Waals surface area contributed by atoms with Gasteiger partial charge >= 0.3 is 0 Å². The summed E-state index contributed by atoms with van der Waals surface area (Å²) in [5, 5.41) is 11.0. The van der Waals surface area contributed by atoms with Gasteiger partial charge in [0, 0.05) is 25.2 Å². The number of carbonyl (C=O) groups excluding carboxylic acids is 1. The molecule has 112 valence electrons. The van der Waals surface area contributed by atoms with E-state index in [1.807, 2.05) is 47.9 Å². The number of furan rings is 1. The van der Waals surface area contributed by atoms with Crippen LogP contribution >= 0.6 is 0 Å². The number of amides is 1. The number of hydrogen-bond acceptors (Lipinski definition) is 4. The quantitative estimate of drug-likeness (QED) is 0.731. The van der Waals surface area contributed by atoms with Gasteiger partial charge in [-0.05, 0) is 37.3 Å². The first-order valence-electron chi connectivity index (χ1n) is 7.03. The van der Waals surface area contributed by atoms with Crippen molar-refractivity contribution >= 4 is 17.6 Å². The first-order chi connectivity index (χ1) is 10.7. The van der Waals surface area contributed by atoms with Crippen molar-refractivity contribution in [3.63, 3.8) is 0 Å². The largest absolute Gasteiger partial charge is 0.462 e. The predicted molar refractivity (Wildman–Crippen MR) is 82.2 cm³/mol. The van der Waals surface area contributed by atoms with Gasteiger partial charge < -0.3 is 9.73 Å². The molecule has 0 aromatic carbocycles. The molecule has 0 aliphatic heterocycles. The smallest absolute Gasteiger partial charge is 0.244 e. The molecule has 0 atom stereocenters. The van der Waals surface area contributed by atoms with Crippen molar-refractivity contribution in [2.75, 3.05) is 6.54 Å². The van der Waals surface area contributed by atoms with Crippen LogP contribution in [0.5, 0.6) is 0 Å². The topological polar surface area (TPSA) is 72.4 Å². The van der Waals surface area contributed by atoms with Crippen molar-refractivity contribution in [1.29, 1.82) is 0 Å². The Morgan fingerprint density at radius 3 is 3.05 bits per heavy atom. The molecule has 0 saturated carbocycles. The van der Waals surface area contributed by atoms with Crippen LogP contribution in [0.25, 0.3) is 11.7 Å². The molecule has 6 heteroatoms. The van der Waals surface area contributed by atoms with Gasteiger partial charge in [0.05, 0.1) is 0 Å². The number of nitrogens with one attached hydrogen (secondary N) is 1. The van der Waals surface area contributed by atoms with Crippen LogP contribution in [-0.2, 0) is 11.2 Å². The molecule has 22 heavy (non-hydrogen) atoms. The van der Waals surface area contributed by atoms with E-state index >= 15 is 0 Å². The first kappa shape index (κ1) is 14.1. The van der Waals surface area contributed by atoms with Gasteiger partial charge in [0.2, 0.25) is 5.91 Å². The lowest BCUT2D eigenvalue weighted by Crippen LogP contribution is -2.24. The molecule has 3 rings (SSSR count). The minimum absolute atomic E-state index is 0.164. The molecule has 0 radical (unpaired) electrons. The Kier molecular flexibility index (Phi) is 4.00. The molecule has 0 bridgehead atoms. The van der Waals surface area contributed by atoms with Gasteiger partial charge in [-0.1, -0.05) is 6.07 Å². The second kappa shape index (κ2) is 6.26. The number of aryl methyl sites for hydroxylation is 1. The van der Waals surface area contributed by atoms with E-state index in [9.17, 15) is 4.79 Å². The first-order valence-corrected chi connectivity index (χ1v) is 7.03. The molecule has 3 aromatic heterocycles. The second-order valence-corrected chi connectivity index (χ2v) is 4.87. The van der Waals surface area contributed by atoms with Crippen molar-refractivity contribution in [2.24, 2.45) is 0 Å². The molecular weight excluding hydrogens is 280 g/mol. The zero-order valence-corrected chi connectivity index (χ0v) is 12.2. The van der Waals surface area contributed by atoms with Gasteiger partial charge in [-0.25, -0.2) is 0 Å². The number of hydrogen-bond donors (Lipinski definition) is 1. The SMILES string of the molecule is Cc1ccc(/C=C/C(=O)NCCc2nnc3ccccn23)o1. The zero-order valence-electron chi connectivity index (χ0n) is 12.2. The average molecular weight is 296 g/mol. The monoisotopic (exact) mass is 296 g/mol. The summed E-state index contributed by atoms with van der Waals surface area (Å²) in [4.78, 5) is 11.7. The molecule has 1 amide bonds. The van der Waals surface area contributed by atoms with E-state index in [-0.39, 0.29) is 5.91 Å². The molecule has 0 aliphatic rings. The lowest BCUT2D eigenvalue weighted by molar-refractivity contribution is -0.116. The van der Waals surface area contributed by atoms with Crippen molar-refractivity contribution in [1.82, 2.24) is 19.9 Å². The third-order valence-electron chi connectivity index (χ3n) is 3.19. The van der Waals surface area contributed by atoms with Crippen molar-refractivity contribution in [2.45, 2.75) is 13.3 Å². The molecule has 0 saturated heterocycles. The molecule has 3 heterocycles. The average Bonchev–Trinajstić information content (AvgIpc) is 3.12. The van der Waals surface area contributed by atoms with Crippen LogP contribution in [0.3, 0.4) is 0 Å². The number of fused-ring (bicyclic) bond motifs is 1. The third kappa shape index (κ3) is 3.22. The maximum Gasteiger partial charge on any atom is 0.244 e. The highest BCUT2D eigenvalue weighted by atomic mass is 16.3. The highest BCUT2D eigenvalue weighted by molar-refractivity contribution is 5.91. The summed E-state index contributed by atoms with van der Waals surface area (Å²) in [6, 6.07) is 9.40. The van der Waals surface area contributed by atoms with E-state index < -0.39 is 0 Å². The van der Waals surface area contributed by atoms with Crippen LogP contribution < -0.4 is 5.32 Å². The van der Waals surface area contributed by atoms with E-state index in [0.29, 0.717) is 18.7 Å². The Morgan fingerprint density at radius 2 is 2.23 bits per heavy atom. The van der Waals surface area contributed by atoms with Crippen molar-refractivity contribution in [3.05, 3.63) is 59.9 Å². The van der Waals surface area contributed by atoms with E-state index in [0.717, 1.165) is 17.2 Å². The summed E-state index contributed by atoms with van der Waals surface area (Å²) in [5.74, 6) is 2.14. The molecule has 0 unspecified atom stereocenters. The number of carbonyl (C=O) groups is 1. The van der Waals surface area contributed by atoms with Crippen LogP contribution in [0.2, 0.25) is 0 Å². The number of rotatable bonds is 5. The Bertz CT molecular complexity index is 816. The Morgan fingerprint density at radius 1 is 1.32 bits per heavy atom. The van der Waals surface area contributed by atoms with E-state index in [1.165, 1.54) is 6.08 Å². The molecule has 6 nitrogen and oxygen atoms in total. The van der Waals surface area contributed by atoms with E-state index in [4.69, 9.17) is 4.42 Å². The molecule has 0 aliphatic carbocycles. The summed E-state index contributed by atoms with van der Waals surface area (Å²) >= 11 is 0. The van der Waals surface area contributed by atoms with Crippen LogP contribution in [0.4, 0.5) is 0 Å². The number of nitrogens with zero attached hydrogens (tertiary/aromatic N) is 3. The number of pyridine rings is 1. The van der Waals surface area contributed by atoms with E-state index in [1.54, 1.807) is 6.08 Å². The summed E-state index contributed by atoms with van der Waals surface area (Å²) in [7, 11) is 0. The normalized spacial score (nSPS) is 11.3. The standard InChI is InChI=1S/C16H16N4O2/c1-12-5-6-13(22-12)7-8-16(21)17-10-9-15-19-18-14-4-2-3-11-20(14)15/h2-8,11H,9-10H2,1H3,(H,17,21)/b8-7+. The van der Waals surface area contributed by atoms with E-state index in [2.05, 4.69) is 15.5 Å². The van der Waals surface area contributed by atoms with Crippen LogP contribution in [0.1, 0.15) is 17.3 Å². The molecule has 0 fully saturated rings. The summed E-state index contributed by atoms with van der Waals surface area (Å²) < 4.78 is 7.27. The summed E-state index contributed by atoms with van der Waals surface area (Å²) in [6.07, 6.45) is 5.63. The fraction of sp³-hybridized carbons (Fsp3) is 0.188. The van der Waals surface area contributed by atoms with Crippen LogP contribution in [-0.4, -0.2) is 27.0 Å². The second-order valence-electron chi connectivity index (χ2n) is 4.87. The van der Waals surface area contributed by atoms with Gasteiger partial charge in [0.25, 0.3) is 0 Å². The minimum Gasteiger partial charge on any atom is -0.462 e. The minimum atomic E-state index is -0.164. The molecule has 1 N–H and O–H groups in total. The highest BCUT2D eigenvalue weighted by Gasteiger charge is 2.04. The zero-order chi connectivity index (χ0) is 15.4. The number of aromatic nitrogens is 3. The fourth-order valence-corrected chi connectivity index (χ4v) is 2.12. The molecular formula is C16H16N4O2. The summed E-state index contributed by atoms with van der Waals surface area (Å²) in [6.45, 7) is 2.36. The fourth-order valence-electron chi connectivity index (χ4n) is 2.12. The Labute approximate surface area is 127 Å². The maximum absolute atomic E-state index is 11.7. The van der Waals surface area contributed by atoms with Gasteiger partial charge in [0.15, 0.2) is 5.65 Å². The lowest BCUT2D eigenvalue weighted by atomic mass is 10.3. The summed E-state index contributed by atoms with van der Waals surface area (Å²) in [5.41, 5.74) is 0.803. The third-order valence-corrected chi connectivity index (χ3v) is 3.19. The van der Waals surface area contributed by atoms with Gasteiger partial charge in [-0.2, -0.15) is 0 Å². The lowest BCUT2D eigenvalue weighted by Gasteiger charge is -2.01. The highest BCUT2D eigenvalue weighted by Crippen LogP contribution is 2.07. The van der Waals surface area contributed by atoms with Crippen LogP contribution in [0, 0.1) is 6.92 Å². The van der Waals surface area contributed by atoms with Crippen molar-refractivity contribution < 1.29 is 9.21 Å². The Balaban J connectivity index is 1.52. The van der Waals surface area contributed by atoms with Gasteiger partial charge in [0.1, 0.15) is 17.3 Å². The van der Waals surface area contributed by atoms with Crippen molar-refractivity contribution in [3.8, 4) is 0 Å². The predicted octanol–water partition coefficient (Wildman–Crippen LogP) is 2.00. The Hall–Kier alpha value is -2.89. The maximum atomic E-state index is 11.7. The van der Waals surface area contributed by atoms with Crippen LogP contribution in [0.15, 0.2) is 47.0 Å². The molecule has 0 spiro atoms. The van der Waals surface area contributed by atoms with Gasteiger partial charge in [-0.15, -0.1) is 10.2 Å².